The van der Waals surface area contributed by atoms with Crippen LogP contribution in [0.1, 0.15) is 86.8 Å². The van der Waals surface area contributed by atoms with Crippen molar-refractivity contribution in [3.05, 3.63) is 155 Å². The maximum atomic E-state index is 15.4. The topological polar surface area (TPSA) is 124 Å². The molecule has 0 aliphatic carbocycles. The Balaban J connectivity index is 1.28. The highest BCUT2D eigenvalue weighted by atomic mass is 31.2. The van der Waals surface area contributed by atoms with E-state index in [2.05, 4.69) is 27.7 Å². The molecule has 0 bridgehead atoms. The molecular formula is C52H53NO8P2. The van der Waals surface area contributed by atoms with Crippen LogP contribution in [0.3, 0.4) is 0 Å². The maximum Gasteiger partial charge on any atom is 0.292 e. The molecular weight excluding hydrogens is 829 g/mol. The number of phenolic OH excluding ortho intramolecular Hbond substituents is 1. The molecule has 0 spiro atoms. The van der Waals surface area contributed by atoms with Gasteiger partial charge < -0.3 is 28.4 Å². The monoisotopic (exact) mass is 881 g/mol. The number of nitrogens with zero attached hydrogens (tertiary/aromatic N) is 1. The molecule has 0 saturated carbocycles. The maximum absolute atomic E-state index is 15.4. The van der Waals surface area contributed by atoms with E-state index in [1.807, 2.05) is 128 Å². The Bertz CT molecular complexity index is 2620. The minimum absolute atomic E-state index is 0.118. The molecule has 8 rings (SSSR count). The van der Waals surface area contributed by atoms with E-state index in [-0.39, 0.29) is 31.3 Å². The summed E-state index contributed by atoms with van der Waals surface area (Å²) in [4.78, 5) is 0. The number of ether oxygens (including phenoxy) is 3. The van der Waals surface area contributed by atoms with Crippen LogP contribution >= 0.6 is 14.7 Å². The Kier molecular flexibility index (Phi) is 13.0. The highest BCUT2D eigenvalue weighted by Gasteiger charge is 2.41. The van der Waals surface area contributed by atoms with Gasteiger partial charge >= 0.3 is 0 Å². The van der Waals surface area contributed by atoms with Crippen molar-refractivity contribution in [1.82, 2.24) is 0 Å². The van der Waals surface area contributed by atoms with E-state index in [0.717, 1.165) is 59.1 Å². The molecule has 2 aliphatic rings. The Morgan fingerprint density at radius 2 is 1.00 bits per heavy atom. The second-order valence-corrected chi connectivity index (χ2v) is 21.4. The van der Waals surface area contributed by atoms with Crippen LogP contribution in [0.15, 0.2) is 121 Å². The van der Waals surface area contributed by atoms with Gasteiger partial charge in [-0.15, -0.1) is 5.26 Å². The number of benzene rings is 6. The van der Waals surface area contributed by atoms with Gasteiger partial charge in [0, 0.05) is 52.0 Å². The largest absolute Gasteiger partial charge is 0.507 e. The summed E-state index contributed by atoms with van der Waals surface area (Å²) in [6, 6.07) is 38.0. The van der Waals surface area contributed by atoms with E-state index >= 15 is 9.13 Å². The molecule has 2 unspecified atom stereocenters. The second kappa shape index (κ2) is 18.6. The molecule has 0 fully saturated rings. The molecule has 1 N–H and O–H groups in total. The van der Waals surface area contributed by atoms with Crippen LogP contribution in [0.25, 0.3) is 22.3 Å². The zero-order chi connectivity index (χ0) is 44.2. The number of rotatable bonds is 17. The van der Waals surface area contributed by atoms with Gasteiger partial charge in [0.25, 0.3) is 21.0 Å². The molecule has 0 amide bonds. The van der Waals surface area contributed by atoms with Gasteiger partial charge in [0.2, 0.25) is 0 Å². The first-order valence-corrected chi connectivity index (χ1v) is 25.3. The minimum Gasteiger partial charge on any atom is -0.507 e. The van der Waals surface area contributed by atoms with Gasteiger partial charge in [-0.2, -0.15) is 0 Å². The average molecular weight is 882 g/mol. The fourth-order valence-corrected chi connectivity index (χ4v) is 13.3. The quantitative estimate of drug-likeness (QED) is 0.0541. The normalized spacial score (nSPS) is 17.3. The molecule has 0 aromatic heterocycles. The Morgan fingerprint density at radius 3 is 1.43 bits per heavy atom. The van der Waals surface area contributed by atoms with Gasteiger partial charge in [-0.3, -0.25) is 9.13 Å². The standard InChI is InChI=1S/C52H53NO8P2/c1-5-7-25-57-31-36-27-40(28-37(51(36)59-35-53)32-58-26-8-6-2)52(3,4)41-29-38(33-62(55)48-23-15-11-19-44(48)42-17-9-13-21-46(42)60-62)50(54)39(30-41)34-63(56)49-24-16-12-20-45(49)43-18-10-14-22-47(43)61-63/h9-24,27-30,54H,5-8,25-26,31-34H2,1-4H3. The number of fused-ring (bicyclic) bond motifs is 6. The van der Waals surface area contributed by atoms with Gasteiger partial charge in [-0.1, -0.05) is 125 Å². The third-order valence-electron chi connectivity index (χ3n) is 12.0. The summed E-state index contributed by atoms with van der Waals surface area (Å²) in [5.41, 5.74) is 6.36. The SMILES string of the molecule is CCCCOCc1cc(C(C)(C)c2cc(CP3(=O)Oc4ccccc4-c4ccccc43)c(O)c(CP3(=O)Oc4ccccc4-c4ccccc43)c2)cc(COCCCC)c1OC#N. The Labute approximate surface area is 370 Å². The van der Waals surface area contributed by atoms with E-state index < -0.39 is 20.2 Å². The van der Waals surface area contributed by atoms with Crippen molar-refractivity contribution in [1.29, 1.82) is 5.26 Å². The van der Waals surface area contributed by atoms with Crippen molar-refractivity contribution in [3.8, 4) is 51.5 Å². The van der Waals surface area contributed by atoms with Gasteiger partial charge in [0.05, 0.1) is 36.1 Å². The van der Waals surface area contributed by atoms with E-state index in [9.17, 15) is 10.4 Å². The molecule has 2 aliphatic heterocycles. The van der Waals surface area contributed by atoms with Crippen LogP contribution in [0.4, 0.5) is 0 Å². The molecule has 0 saturated heterocycles. The van der Waals surface area contributed by atoms with Gasteiger partial charge in [-0.25, -0.2) is 0 Å². The molecule has 63 heavy (non-hydrogen) atoms. The summed E-state index contributed by atoms with van der Waals surface area (Å²) in [6.07, 6.45) is 5.34. The first kappa shape index (κ1) is 44.0. The molecule has 6 aromatic rings. The zero-order valence-electron chi connectivity index (χ0n) is 36.3. The van der Waals surface area contributed by atoms with Crippen molar-refractivity contribution in [2.75, 3.05) is 13.2 Å². The summed E-state index contributed by atoms with van der Waals surface area (Å²) in [5, 5.41) is 23.4. The first-order chi connectivity index (χ1) is 30.5. The van der Waals surface area contributed by atoms with Crippen molar-refractivity contribution in [2.45, 2.75) is 84.3 Å². The summed E-state index contributed by atoms with van der Waals surface area (Å²) >= 11 is 0. The lowest BCUT2D eigenvalue weighted by atomic mass is 9.76. The Hall–Kier alpha value is -5.61. The lowest BCUT2D eigenvalue weighted by molar-refractivity contribution is 0.111. The van der Waals surface area contributed by atoms with Gasteiger partial charge in [0.15, 0.2) is 5.75 Å². The van der Waals surface area contributed by atoms with Crippen molar-refractivity contribution in [3.63, 3.8) is 0 Å². The van der Waals surface area contributed by atoms with Crippen LogP contribution in [0.5, 0.6) is 23.0 Å². The van der Waals surface area contributed by atoms with Gasteiger partial charge in [-0.05, 0) is 71.5 Å². The molecule has 2 heterocycles. The second-order valence-electron chi connectivity index (χ2n) is 16.8. The molecule has 324 valence electrons. The highest BCUT2D eigenvalue weighted by molar-refractivity contribution is 7.67. The summed E-state index contributed by atoms with van der Waals surface area (Å²) in [5.74, 6) is 1.31. The number of unbranched alkanes of at least 4 members (excludes halogenated alkanes) is 2. The fraction of sp³-hybridized carbons (Fsp3) is 0.288. The van der Waals surface area contributed by atoms with E-state index in [1.54, 1.807) is 0 Å². The number of aromatic hydroxyl groups is 1. The predicted molar refractivity (Wildman–Crippen MR) is 249 cm³/mol. The zero-order valence-corrected chi connectivity index (χ0v) is 38.1. The predicted octanol–water partition coefficient (Wildman–Crippen LogP) is 12.5. The smallest absolute Gasteiger partial charge is 0.292 e. The third-order valence-corrected chi connectivity index (χ3v) is 16.8. The number of para-hydroxylation sites is 2. The summed E-state index contributed by atoms with van der Waals surface area (Å²) < 4.78 is 61.7. The van der Waals surface area contributed by atoms with Crippen LogP contribution in [0, 0.1) is 11.5 Å². The molecule has 0 radical (unpaired) electrons. The van der Waals surface area contributed by atoms with Crippen molar-refractivity contribution in [2.24, 2.45) is 0 Å². The van der Waals surface area contributed by atoms with Crippen LogP contribution in [0.2, 0.25) is 0 Å². The third kappa shape index (κ3) is 8.84. The number of nitriles is 1. The molecule has 11 heteroatoms. The number of hydrogen-bond acceptors (Lipinski definition) is 9. The van der Waals surface area contributed by atoms with Crippen molar-refractivity contribution < 1.29 is 37.5 Å². The molecule has 6 aromatic carbocycles. The molecule has 2 atom stereocenters. The highest BCUT2D eigenvalue weighted by Crippen LogP contribution is 2.60. The Morgan fingerprint density at radius 1 is 0.603 bits per heavy atom. The lowest BCUT2D eigenvalue weighted by Crippen LogP contribution is -2.23. The first-order valence-electron chi connectivity index (χ1n) is 21.7. The van der Waals surface area contributed by atoms with Crippen molar-refractivity contribution >= 4 is 25.3 Å². The number of phenols is 1. The number of hydrogen-bond donors (Lipinski definition) is 1. The molecule has 9 nitrogen and oxygen atoms in total. The lowest BCUT2D eigenvalue weighted by Gasteiger charge is -2.32. The fourth-order valence-electron chi connectivity index (χ4n) is 8.53. The van der Waals surface area contributed by atoms with Crippen LogP contribution in [-0.2, 0) is 49.6 Å². The van der Waals surface area contributed by atoms with E-state index in [1.165, 1.54) is 0 Å². The summed E-state index contributed by atoms with van der Waals surface area (Å²) in [7, 11) is -7.43. The van der Waals surface area contributed by atoms with Crippen LogP contribution in [-0.4, -0.2) is 18.3 Å². The average Bonchev–Trinajstić information content (AvgIpc) is 3.28. The summed E-state index contributed by atoms with van der Waals surface area (Å²) in [6.45, 7) is 9.90. The van der Waals surface area contributed by atoms with Gasteiger partial charge in [0.1, 0.15) is 17.2 Å². The minimum atomic E-state index is -3.71. The van der Waals surface area contributed by atoms with E-state index in [4.69, 9.17) is 23.3 Å². The van der Waals surface area contributed by atoms with Crippen LogP contribution < -0.4 is 24.4 Å². The van der Waals surface area contributed by atoms with E-state index in [0.29, 0.717) is 63.3 Å².